The molecule has 0 bridgehead atoms. The van der Waals surface area contributed by atoms with Gasteiger partial charge in [-0.05, 0) is 30.7 Å². The largest absolute Gasteiger partial charge is 0.378 e. The number of hydrogen-bond acceptors (Lipinski definition) is 4. The molecule has 3 N–H and O–H groups in total. The van der Waals surface area contributed by atoms with E-state index in [-0.39, 0.29) is 29.2 Å². The Morgan fingerprint density at radius 2 is 1.79 bits per heavy atom. The van der Waals surface area contributed by atoms with E-state index in [4.69, 9.17) is 22.1 Å². The second-order valence-electron chi connectivity index (χ2n) is 6.48. The molecule has 6 nitrogen and oxygen atoms in total. The lowest BCUT2D eigenvalue weighted by Gasteiger charge is -2.27. The molecule has 28 heavy (non-hydrogen) atoms. The molecule has 0 aliphatic carbocycles. The van der Waals surface area contributed by atoms with Crippen LogP contribution in [0, 0.1) is 6.92 Å². The summed E-state index contributed by atoms with van der Waals surface area (Å²) in [6, 6.07) is 11.5. The van der Waals surface area contributed by atoms with Gasteiger partial charge in [0.1, 0.15) is 6.04 Å². The predicted molar refractivity (Wildman–Crippen MR) is 112 cm³/mol. The van der Waals surface area contributed by atoms with Crippen LogP contribution in [0.1, 0.15) is 27.5 Å². The minimum atomic E-state index is -0.793. The number of anilines is 1. The third-order valence-corrected chi connectivity index (χ3v) is 4.80. The molecule has 3 rings (SSSR count). The van der Waals surface area contributed by atoms with Crippen molar-refractivity contribution in [3.05, 3.63) is 64.2 Å². The van der Waals surface area contributed by atoms with Crippen LogP contribution in [0.2, 0.25) is 5.02 Å². The van der Waals surface area contributed by atoms with Crippen molar-refractivity contribution in [1.82, 2.24) is 4.90 Å². The summed E-state index contributed by atoms with van der Waals surface area (Å²) in [5.74, 6) is -0.486. The van der Waals surface area contributed by atoms with Gasteiger partial charge in [0.05, 0.1) is 23.8 Å². The fraction of sp³-hybridized carbons (Fsp3) is 0.300. The molecular formula is C20H23Cl2N3O3. The zero-order chi connectivity index (χ0) is 19.4. The van der Waals surface area contributed by atoms with E-state index in [1.165, 1.54) is 0 Å². The Morgan fingerprint density at radius 3 is 2.39 bits per heavy atom. The van der Waals surface area contributed by atoms with E-state index in [0.29, 0.717) is 37.6 Å². The molecule has 8 heteroatoms. The van der Waals surface area contributed by atoms with Crippen LogP contribution in [-0.2, 0) is 9.53 Å². The monoisotopic (exact) mass is 423 g/mol. The molecule has 1 aliphatic rings. The van der Waals surface area contributed by atoms with E-state index in [1.54, 1.807) is 23.1 Å². The van der Waals surface area contributed by atoms with Gasteiger partial charge in [0.25, 0.3) is 5.91 Å². The number of morpholine rings is 1. The van der Waals surface area contributed by atoms with Gasteiger partial charge in [-0.2, -0.15) is 0 Å². The number of nitrogens with one attached hydrogen (secondary N) is 1. The summed E-state index contributed by atoms with van der Waals surface area (Å²) in [7, 11) is 0. The highest BCUT2D eigenvalue weighted by Gasteiger charge is 2.21. The lowest BCUT2D eigenvalue weighted by molar-refractivity contribution is -0.117. The molecule has 1 aliphatic heterocycles. The SMILES string of the molecule is Cc1ccc(C(N)C(=O)Nc2ccc(C(=O)N3CCOCC3)c(Cl)c2)cc1.Cl. The minimum absolute atomic E-state index is 0. The zero-order valence-corrected chi connectivity index (χ0v) is 17.1. The van der Waals surface area contributed by atoms with E-state index >= 15 is 0 Å². The van der Waals surface area contributed by atoms with Crippen LogP contribution in [0.25, 0.3) is 0 Å². The number of ether oxygens (including phenoxy) is 1. The summed E-state index contributed by atoms with van der Waals surface area (Å²) in [6.45, 7) is 4.10. The van der Waals surface area contributed by atoms with Gasteiger partial charge in [0.2, 0.25) is 5.91 Å². The van der Waals surface area contributed by atoms with Gasteiger partial charge in [0, 0.05) is 18.8 Å². The maximum Gasteiger partial charge on any atom is 0.255 e. The summed E-state index contributed by atoms with van der Waals surface area (Å²) in [4.78, 5) is 26.7. The maximum absolute atomic E-state index is 12.6. The second-order valence-corrected chi connectivity index (χ2v) is 6.88. The molecular weight excluding hydrogens is 401 g/mol. The van der Waals surface area contributed by atoms with Gasteiger partial charge in [-0.25, -0.2) is 0 Å². The summed E-state index contributed by atoms with van der Waals surface area (Å²) in [5, 5.41) is 3.03. The number of aryl methyl sites for hydroxylation is 1. The molecule has 1 unspecified atom stereocenters. The van der Waals surface area contributed by atoms with Crippen LogP contribution in [0.3, 0.4) is 0 Å². The standard InChI is InChI=1S/C20H22ClN3O3.ClH/c1-13-2-4-14(5-3-13)18(22)19(25)23-15-6-7-16(17(21)12-15)20(26)24-8-10-27-11-9-24;/h2-7,12,18H,8-11,22H2,1H3,(H,23,25);1H. The quantitative estimate of drug-likeness (QED) is 0.790. The first-order chi connectivity index (χ1) is 13.0. The van der Waals surface area contributed by atoms with E-state index in [0.717, 1.165) is 11.1 Å². The van der Waals surface area contributed by atoms with Gasteiger partial charge in [-0.3, -0.25) is 9.59 Å². The molecule has 2 amide bonds. The Morgan fingerprint density at radius 1 is 1.14 bits per heavy atom. The maximum atomic E-state index is 12.6. The Hall–Kier alpha value is -2.12. The Kier molecular flexibility index (Phi) is 7.83. The van der Waals surface area contributed by atoms with Gasteiger partial charge in [-0.15, -0.1) is 12.4 Å². The van der Waals surface area contributed by atoms with E-state index in [2.05, 4.69) is 5.32 Å². The number of rotatable bonds is 4. The van der Waals surface area contributed by atoms with Crippen molar-refractivity contribution in [2.75, 3.05) is 31.6 Å². The number of nitrogens with two attached hydrogens (primary N) is 1. The van der Waals surface area contributed by atoms with Gasteiger partial charge < -0.3 is 20.7 Å². The molecule has 2 aromatic carbocycles. The number of carbonyl (C=O) groups is 2. The van der Waals surface area contributed by atoms with E-state index in [1.807, 2.05) is 31.2 Å². The van der Waals surface area contributed by atoms with E-state index in [9.17, 15) is 9.59 Å². The van der Waals surface area contributed by atoms with Crippen molar-refractivity contribution >= 4 is 41.5 Å². The fourth-order valence-electron chi connectivity index (χ4n) is 2.85. The average molecular weight is 424 g/mol. The van der Waals surface area contributed by atoms with Gasteiger partial charge >= 0.3 is 0 Å². The molecule has 0 saturated carbocycles. The molecule has 0 spiro atoms. The topological polar surface area (TPSA) is 84.7 Å². The number of hydrogen-bond donors (Lipinski definition) is 2. The lowest BCUT2D eigenvalue weighted by Crippen LogP contribution is -2.40. The first kappa shape index (κ1) is 22.2. The Bertz CT molecular complexity index is 837. The molecule has 0 radical (unpaired) electrons. The van der Waals surface area contributed by atoms with Crippen LogP contribution in [0.5, 0.6) is 0 Å². The van der Waals surface area contributed by atoms with Crippen molar-refractivity contribution in [2.45, 2.75) is 13.0 Å². The molecule has 1 saturated heterocycles. The number of amides is 2. The van der Waals surface area contributed by atoms with Gasteiger partial charge in [-0.1, -0.05) is 41.4 Å². The van der Waals surface area contributed by atoms with Crippen molar-refractivity contribution in [1.29, 1.82) is 0 Å². The molecule has 150 valence electrons. The van der Waals surface area contributed by atoms with Crippen LogP contribution in [-0.4, -0.2) is 43.0 Å². The number of benzene rings is 2. The Labute approximate surface area is 175 Å². The summed E-state index contributed by atoms with van der Waals surface area (Å²) in [6.07, 6.45) is 0. The average Bonchev–Trinajstić information content (AvgIpc) is 2.68. The molecule has 2 aromatic rings. The first-order valence-electron chi connectivity index (χ1n) is 8.75. The van der Waals surface area contributed by atoms with Crippen LogP contribution in [0.4, 0.5) is 5.69 Å². The molecule has 1 heterocycles. The highest BCUT2D eigenvalue weighted by Crippen LogP contribution is 2.24. The Balaban J connectivity index is 0.00000280. The molecule has 0 aromatic heterocycles. The van der Waals surface area contributed by atoms with Crippen LogP contribution in [0.15, 0.2) is 42.5 Å². The van der Waals surface area contributed by atoms with Crippen molar-refractivity contribution < 1.29 is 14.3 Å². The van der Waals surface area contributed by atoms with Crippen molar-refractivity contribution in [3.8, 4) is 0 Å². The third kappa shape index (κ3) is 5.23. The third-order valence-electron chi connectivity index (χ3n) is 4.48. The minimum Gasteiger partial charge on any atom is -0.378 e. The summed E-state index contributed by atoms with van der Waals surface area (Å²) < 4.78 is 5.26. The van der Waals surface area contributed by atoms with Crippen molar-refractivity contribution in [3.63, 3.8) is 0 Å². The highest BCUT2D eigenvalue weighted by molar-refractivity contribution is 6.34. The normalized spacial score (nSPS) is 14.8. The van der Waals surface area contributed by atoms with Crippen molar-refractivity contribution in [2.24, 2.45) is 5.73 Å². The van der Waals surface area contributed by atoms with E-state index < -0.39 is 6.04 Å². The first-order valence-corrected chi connectivity index (χ1v) is 9.13. The highest BCUT2D eigenvalue weighted by atomic mass is 35.5. The predicted octanol–water partition coefficient (Wildman–Crippen LogP) is 3.18. The lowest BCUT2D eigenvalue weighted by atomic mass is 10.1. The zero-order valence-electron chi connectivity index (χ0n) is 15.5. The van der Waals surface area contributed by atoms with Crippen LogP contribution >= 0.6 is 24.0 Å². The summed E-state index contributed by atoms with van der Waals surface area (Å²) in [5.41, 5.74) is 8.75. The smallest absolute Gasteiger partial charge is 0.255 e. The van der Waals surface area contributed by atoms with Gasteiger partial charge in [0.15, 0.2) is 0 Å². The second kappa shape index (κ2) is 9.89. The number of nitrogens with zero attached hydrogens (tertiary/aromatic N) is 1. The number of halogens is 2. The van der Waals surface area contributed by atoms with Crippen LogP contribution < -0.4 is 11.1 Å². The number of carbonyl (C=O) groups excluding carboxylic acids is 2. The summed E-state index contributed by atoms with van der Waals surface area (Å²) >= 11 is 6.28. The fourth-order valence-corrected chi connectivity index (χ4v) is 3.11. The molecule has 1 fully saturated rings. The molecule has 1 atom stereocenters.